The van der Waals surface area contributed by atoms with Crippen LogP contribution in [0.4, 0.5) is 0 Å². The minimum atomic E-state index is 0.391. The molecule has 0 amide bonds. The molecule has 0 bridgehead atoms. The van der Waals surface area contributed by atoms with E-state index in [2.05, 4.69) is 41.4 Å². The van der Waals surface area contributed by atoms with Crippen LogP contribution in [0.5, 0.6) is 0 Å². The molecule has 1 aromatic heterocycles. The Morgan fingerprint density at radius 1 is 1.37 bits per heavy atom. The van der Waals surface area contributed by atoms with E-state index in [1.54, 1.807) is 0 Å². The van der Waals surface area contributed by atoms with Gasteiger partial charge in [-0.25, -0.2) is 0 Å². The average molecular weight is 257 g/mol. The van der Waals surface area contributed by atoms with Crippen molar-refractivity contribution in [2.24, 2.45) is 0 Å². The second-order valence-corrected chi connectivity index (χ2v) is 5.40. The summed E-state index contributed by atoms with van der Waals surface area (Å²) in [7, 11) is 0. The van der Waals surface area contributed by atoms with Gasteiger partial charge in [0.2, 0.25) is 11.7 Å². The first-order chi connectivity index (χ1) is 9.22. The van der Waals surface area contributed by atoms with Gasteiger partial charge in [0.1, 0.15) is 0 Å². The zero-order valence-corrected chi connectivity index (χ0v) is 11.4. The van der Waals surface area contributed by atoms with Crippen LogP contribution >= 0.6 is 0 Å². The Kier molecular flexibility index (Phi) is 3.34. The average Bonchev–Trinajstić information content (AvgIpc) is 2.88. The highest BCUT2D eigenvalue weighted by Gasteiger charge is 2.25. The van der Waals surface area contributed by atoms with Gasteiger partial charge in [-0.15, -0.1) is 0 Å². The fourth-order valence-corrected chi connectivity index (χ4v) is 2.66. The number of rotatable bonds is 2. The molecule has 4 nitrogen and oxygen atoms in total. The van der Waals surface area contributed by atoms with Gasteiger partial charge in [-0.05, 0) is 39.3 Å². The van der Waals surface area contributed by atoms with Crippen molar-refractivity contribution in [3.8, 4) is 11.4 Å². The third-order valence-electron chi connectivity index (χ3n) is 3.69. The van der Waals surface area contributed by atoms with Crippen LogP contribution in [-0.2, 0) is 0 Å². The summed E-state index contributed by atoms with van der Waals surface area (Å²) in [5.74, 6) is 1.87. The van der Waals surface area contributed by atoms with Crippen LogP contribution in [0.15, 0.2) is 28.8 Å². The second kappa shape index (κ2) is 5.13. The lowest BCUT2D eigenvalue weighted by Crippen LogP contribution is -2.34. The molecule has 0 aliphatic carbocycles. The molecule has 1 aliphatic heterocycles. The molecule has 2 unspecified atom stereocenters. The van der Waals surface area contributed by atoms with Crippen molar-refractivity contribution in [2.45, 2.75) is 38.6 Å². The summed E-state index contributed by atoms with van der Waals surface area (Å²) in [6.07, 6.45) is 2.13. The molecule has 3 rings (SSSR count). The monoisotopic (exact) mass is 257 g/mol. The van der Waals surface area contributed by atoms with Crippen LogP contribution in [-0.4, -0.2) is 22.7 Å². The maximum Gasteiger partial charge on any atom is 0.230 e. The van der Waals surface area contributed by atoms with Crippen molar-refractivity contribution >= 4 is 0 Å². The molecule has 0 spiro atoms. The summed E-state index contributed by atoms with van der Waals surface area (Å²) in [5, 5.41) is 7.56. The lowest BCUT2D eigenvalue weighted by Gasteiger charge is -2.25. The Hall–Kier alpha value is -1.68. The van der Waals surface area contributed by atoms with Gasteiger partial charge in [0.05, 0.1) is 0 Å². The summed E-state index contributed by atoms with van der Waals surface area (Å²) in [4.78, 5) is 4.57. The van der Waals surface area contributed by atoms with E-state index in [1.165, 1.54) is 5.56 Å². The number of aryl methyl sites for hydroxylation is 1. The molecule has 19 heavy (non-hydrogen) atoms. The van der Waals surface area contributed by atoms with Crippen molar-refractivity contribution in [1.82, 2.24) is 15.5 Å². The second-order valence-electron chi connectivity index (χ2n) is 5.40. The largest absolute Gasteiger partial charge is 0.339 e. The SMILES string of the molecule is Cc1cccc(-c2noc(C3CCNC(C)C3)n2)c1. The van der Waals surface area contributed by atoms with Crippen molar-refractivity contribution in [3.05, 3.63) is 35.7 Å². The van der Waals surface area contributed by atoms with Crippen LogP contribution in [0.25, 0.3) is 11.4 Å². The molecule has 1 aliphatic rings. The van der Waals surface area contributed by atoms with E-state index >= 15 is 0 Å². The van der Waals surface area contributed by atoms with Crippen molar-refractivity contribution in [2.75, 3.05) is 6.54 Å². The number of nitrogens with zero attached hydrogens (tertiary/aromatic N) is 2. The number of hydrogen-bond donors (Lipinski definition) is 1. The summed E-state index contributed by atoms with van der Waals surface area (Å²) in [5.41, 5.74) is 2.23. The lowest BCUT2D eigenvalue weighted by molar-refractivity contribution is 0.295. The normalized spacial score (nSPS) is 23.5. The molecule has 2 heterocycles. The third kappa shape index (κ3) is 2.68. The molecule has 0 radical (unpaired) electrons. The number of aromatic nitrogens is 2. The summed E-state index contributed by atoms with van der Waals surface area (Å²) in [6.45, 7) is 5.29. The van der Waals surface area contributed by atoms with Crippen LogP contribution in [0.1, 0.15) is 37.1 Å². The maximum atomic E-state index is 5.46. The first-order valence-corrected chi connectivity index (χ1v) is 6.86. The van der Waals surface area contributed by atoms with Gasteiger partial charge >= 0.3 is 0 Å². The Balaban J connectivity index is 1.83. The minimum absolute atomic E-state index is 0.391. The standard InChI is InChI=1S/C15H19N3O/c1-10-4-3-5-12(8-10)14-17-15(19-18-14)13-6-7-16-11(2)9-13/h3-5,8,11,13,16H,6-7,9H2,1-2H3. The number of hydrogen-bond acceptors (Lipinski definition) is 4. The highest BCUT2D eigenvalue weighted by molar-refractivity contribution is 5.55. The summed E-state index contributed by atoms with van der Waals surface area (Å²) in [6, 6.07) is 8.71. The Morgan fingerprint density at radius 3 is 3.05 bits per heavy atom. The highest BCUT2D eigenvalue weighted by Crippen LogP contribution is 2.28. The van der Waals surface area contributed by atoms with E-state index in [9.17, 15) is 0 Å². The van der Waals surface area contributed by atoms with E-state index in [4.69, 9.17) is 4.52 Å². The first kappa shape index (κ1) is 12.4. The zero-order chi connectivity index (χ0) is 13.2. The molecule has 1 fully saturated rings. The molecular formula is C15H19N3O. The lowest BCUT2D eigenvalue weighted by atomic mass is 9.93. The number of benzene rings is 1. The van der Waals surface area contributed by atoms with Gasteiger partial charge in [-0.2, -0.15) is 4.98 Å². The van der Waals surface area contributed by atoms with Crippen LogP contribution in [0.3, 0.4) is 0 Å². The van der Waals surface area contributed by atoms with E-state index in [-0.39, 0.29) is 0 Å². The minimum Gasteiger partial charge on any atom is -0.339 e. The van der Waals surface area contributed by atoms with Crippen molar-refractivity contribution in [1.29, 1.82) is 0 Å². The predicted molar refractivity (Wildman–Crippen MR) is 73.9 cm³/mol. The molecule has 100 valence electrons. The van der Waals surface area contributed by atoms with Gasteiger partial charge in [-0.3, -0.25) is 0 Å². The van der Waals surface area contributed by atoms with E-state index in [0.717, 1.165) is 30.8 Å². The van der Waals surface area contributed by atoms with Gasteiger partial charge in [-0.1, -0.05) is 28.9 Å². The molecule has 1 aromatic carbocycles. The van der Waals surface area contributed by atoms with Gasteiger partial charge in [0.25, 0.3) is 0 Å². The Morgan fingerprint density at radius 2 is 2.26 bits per heavy atom. The van der Waals surface area contributed by atoms with Gasteiger partial charge in [0, 0.05) is 17.5 Å². The fraction of sp³-hybridized carbons (Fsp3) is 0.467. The van der Waals surface area contributed by atoms with E-state index in [0.29, 0.717) is 17.8 Å². The number of nitrogens with one attached hydrogen (secondary N) is 1. The molecule has 2 aromatic rings. The molecule has 4 heteroatoms. The maximum absolute atomic E-state index is 5.46. The van der Waals surface area contributed by atoms with Gasteiger partial charge < -0.3 is 9.84 Å². The molecule has 0 saturated carbocycles. The van der Waals surface area contributed by atoms with E-state index in [1.807, 2.05) is 12.1 Å². The van der Waals surface area contributed by atoms with Gasteiger partial charge in [0.15, 0.2) is 0 Å². The zero-order valence-electron chi connectivity index (χ0n) is 11.4. The topological polar surface area (TPSA) is 51.0 Å². The number of piperidine rings is 1. The Bertz CT molecular complexity index is 564. The molecular weight excluding hydrogens is 238 g/mol. The summed E-state index contributed by atoms with van der Waals surface area (Å²) >= 11 is 0. The first-order valence-electron chi connectivity index (χ1n) is 6.86. The van der Waals surface area contributed by atoms with Crippen molar-refractivity contribution < 1.29 is 4.52 Å². The fourth-order valence-electron chi connectivity index (χ4n) is 2.66. The third-order valence-corrected chi connectivity index (χ3v) is 3.69. The summed E-state index contributed by atoms with van der Waals surface area (Å²) < 4.78 is 5.46. The Labute approximate surface area is 113 Å². The van der Waals surface area contributed by atoms with Crippen LogP contribution in [0.2, 0.25) is 0 Å². The smallest absolute Gasteiger partial charge is 0.230 e. The molecule has 2 atom stereocenters. The van der Waals surface area contributed by atoms with E-state index < -0.39 is 0 Å². The highest BCUT2D eigenvalue weighted by atomic mass is 16.5. The van der Waals surface area contributed by atoms with Crippen LogP contribution < -0.4 is 5.32 Å². The molecule has 1 saturated heterocycles. The predicted octanol–water partition coefficient (Wildman–Crippen LogP) is 2.90. The van der Waals surface area contributed by atoms with Crippen LogP contribution in [0, 0.1) is 6.92 Å². The quantitative estimate of drug-likeness (QED) is 0.898. The van der Waals surface area contributed by atoms with Crippen molar-refractivity contribution in [3.63, 3.8) is 0 Å². The molecule has 1 N–H and O–H groups in total.